The van der Waals surface area contributed by atoms with Gasteiger partial charge in [0, 0.05) is 19.2 Å². The Labute approximate surface area is 195 Å². The molecular weight excluding hydrogens is 435 g/mol. The Morgan fingerprint density at radius 1 is 1.03 bits per heavy atom. The molecule has 1 N–H and O–H groups in total. The zero-order chi connectivity index (χ0) is 25.0. The molecule has 0 spiro atoms. The number of ether oxygens (including phenoxy) is 2. The fraction of sp³-hybridized carbons (Fsp3) is 0.909. The monoisotopic (exact) mass is 484 g/mol. The van der Waals surface area contributed by atoms with Crippen molar-refractivity contribution in [2.45, 2.75) is 94.3 Å². The van der Waals surface area contributed by atoms with Crippen LogP contribution in [0.2, 0.25) is 0 Å². The predicted octanol–water partition coefficient (Wildman–Crippen LogP) is 5.78. The van der Waals surface area contributed by atoms with Gasteiger partial charge in [-0.25, -0.2) is 5.09 Å². The number of hydrogen-bond acceptors (Lipinski definition) is 7. The third-order valence-electron chi connectivity index (χ3n) is 3.83. The first-order valence-electron chi connectivity index (χ1n) is 11.4. The summed E-state index contributed by atoms with van der Waals surface area (Å²) < 4.78 is 21.8. The Bertz CT molecular complexity index is 500. The lowest BCUT2D eigenvalue weighted by molar-refractivity contribution is -0.146. The summed E-state index contributed by atoms with van der Waals surface area (Å²) in [5.74, 6) is 1.21. The molecule has 0 radical (unpaired) electrons. The minimum absolute atomic E-state index is 0.0241. The highest BCUT2D eigenvalue weighted by atomic mass is 32.7. The van der Waals surface area contributed by atoms with Gasteiger partial charge in [-0.1, -0.05) is 58.8 Å². The van der Waals surface area contributed by atoms with Gasteiger partial charge in [-0.3, -0.25) is 19.1 Å². The molecule has 0 saturated carbocycles. The summed E-state index contributed by atoms with van der Waals surface area (Å²) in [6.07, 6.45) is 3.06. The standard InChI is InChI=1S/C9H19N2O3PS.C6H14.C5H10O2.C2H6/c1-8(2)14-9(12)6-10-15(13)7-11(3)4-5-16-15;1-4-6(3)5-2;1-4(2)7-5(3)6;1-2/h8H,4-7H2,1-3H3,(H,10,13);6H,4-5H2,1-3H3;4H,1-3H3;1-2H3. The quantitative estimate of drug-likeness (QED) is 0.359. The fourth-order valence-corrected chi connectivity index (χ4v) is 6.52. The number of carbonyl (C=O) groups excluding carboxylic acids is 2. The number of nitrogens with one attached hydrogen (secondary N) is 1. The van der Waals surface area contributed by atoms with Crippen LogP contribution in [0.15, 0.2) is 0 Å². The molecule has 0 aromatic carbocycles. The molecule has 1 fully saturated rings. The Morgan fingerprint density at radius 3 is 1.81 bits per heavy atom. The largest absolute Gasteiger partial charge is 0.463 e. The van der Waals surface area contributed by atoms with Gasteiger partial charge in [-0.05, 0) is 40.7 Å². The third-order valence-corrected chi connectivity index (χ3v) is 8.64. The normalized spacial score (nSPS) is 18.1. The van der Waals surface area contributed by atoms with Crippen LogP contribution in [-0.2, 0) is 23.6 Å². The maximum Gasteiger partial charge on any atom is 0.320 e. The second-order valence-corrected chi connectivity index (χ2v) is 12.8. The average molecular weight is 485 g/mol. The van der Waals surface area contributed by atoms with Crippen LogP contribution in [0.4, 0.5) is 0 Å². The van der Waals surface area contributed by atoms with Gasteiger partial charge >= 0.3 is 11.9 Å². The molecule has 1 saturated heterocycles. The van der Waals surface area contributed by atoms with Gasteiger partial charge in [0.1, 0.15) is 6.54 Å². The van der Waals surface area contributed by atoms with Crippen molar-refractivity contribution >= 4 is 29.8 Å². The highest BCUT2D eigenvalue weighted by molar-refractivity contribution is 8.57. The Balaban J connectivity index is -0.000000434. The van der Waals surface area contributed by atoms with E-state index < -0.39 is 6.49 Å². The van der Waals surface area contributed by atoms with Crippen LogP contribution in [0.5, 0.6) is 0 Å². The first-order chi connectivity index (χ1) is 14.3. The number of rotatable bonds is 7. The van der Waals surface area contributed by atoms with E-state index in [1.54, 1.807) is 13.8 Å². The lowest BCUT2D eigenvalue weighted by Crippen LogP contribution is -2.32. The van der Waals surface area contributed by atoms with Gasteiger partial charge in [0.25, 0.3) is 0 Å². The van der Waals surface area contributed by atoms with Gasteiger partial charge in [0.05, 0.1) is 18.5 Å². The number of carbonyl (C=O) groups is 2. The molecule has 0 aliphatic carbocycles. The van der Waals surface area contributed by atoms with Gasteiger partial charge in [0.2, 0.25) is 6.49 Å². The molecule has 188 valence electrons. The highest BCUT2D eigenvalue weighted by Crippen LogP contribution is 2.56. The summed E-state index contributed by atoms with van der Waals surface area (Å²) in [5, 5.41) is 2.84. The topological polar surface area (TPSA) is 84.9 Å². The van der Waals surface area contributed by atoms with E-state index in [4.69, 9.17) is 4.74 Å². The number of nitrogens with zero attached hydrogens (tertiary/aromatic N) is 1. The second-order valence-electron chi connectivity index (χ2n) is 7.68. The smallest absolute Gasteiger partial charge is 0.320 e. The predicted molar refractivity (Wildman–Crippen MR) is 135 cm³/mol. The molecule has 1 atom stereocenters. The van der Waals surface area contributed by atoms with E-state index in [9.17, 15) is 14.2 Å². The summed E-state index contributed by atoms with van der Waals surface area (Å²) in [6, 6.07) is 0. The molecule has 1 aliphatic heterocycles. The third kappa shape index (κ3) is 25.6. The fourth-order valence-electron chi connectivity index (χ4n) is 1.98. The first-order valence-corrected chi connectivity index (χ1v) is 14.9. The molecule has 1 rings (SSSR count). The molecule has 0 amide bonds. The van der Waals surface area contributed by atoms with Crippen LogP contribution < -0.4 is 5.09 Å². The molecule has 1 unspecified atom stereocenters. The van der Waals surface area contributed by atoms with E-state index in [0.717, 1.165) is 18.2 Å². The van der Waals surface area contributed by atoms with Gasteiger partial charge < -0.3 is 9.47 Å². The molecule has 0 bridgehead atoms. The molecule has 1 heterocycles. The van der Waals surface area contributed by atoms with Gasteiger partial charge in [-0.2, -0.15) is 0 Å². The Kier molecular flexibility index (Phi) is 24.1. The molecule has 0 aromatic rings. The van der Waals surface area contributed by atoms with Gasteiger partial charge in [0.15, 0.2) is 0 Å². The lowest BCUT2D eigenvalue weighted by Gasteiger charge is -2.29. The van der Waals surface area contributed by atoms with Crippen molar-refractivity contribution in [2.75, 3.05) is 32.2 Å². The average Bonchev–Trinajstić information content (AvgIpc) is 2.66. The zero-order valence-electron chi connectivity index (χ0n) is 21.8. The minimum Gasteiger partial charge on any atom is -0.463 e. The maximum absolute atomic E-state index is 12.2. The molecule has 7 nitrogen and oxygen atoms in total. The summed E-state index contributed by atoms with van der Waals surface area (Å²) in [5.41, 5.74) is 0. The van der Waals surface area contributed by atoms with Crippen molar-refractivity contribution in [1.82, 2.24) is 9.99 Å². The van der Waals surface area contributed by atoms with E-state index in [0.29, 0.717) is 6.29 Å². The first kappa shape index (κ1) is 35.0. The molecule has 0 aromatic heterocycles. The van der Waals surface area contributed by atoms with Crippen molar-refractivity contribution in [3.05, 3.63) is 0 Å². The summed E-state index contributed by atoms with van der Waals surface area (Å²) in [4.78, 5) is 23.3. The van der Waals surface area contributed by atoms with Crippen LogP contribution in [0.25, 0.3) is 0 Å². The van der Waals surface area contributed by atoms with Crippen molar-refractivity contribution in [2.24, 2.45) is 5.92 Å². The molecule has 31 heavy (non-hydrogen) atoms. The van der Waals surface area contributed by atoms with E-state index in [1.165, 1.54) is 31.1 Å². The van der Waals surface area contributed by atoms with E-state index in [1.807, 2.05) is 39.6 Å². The van der Waals surface area contributed by atoms with E-state index >= 15 is 0 Å². The molecule has 1 aliphatic rings. The summed E-state index contributed by atoms with van der Waals surface area (Å²) in [6.45, 7) is 17.9. The van der Waals surface area contributed by atoms with Crippen LogP contribution in [0, 0.1) is 5.92 Å². The Hall–Kier alpha value is -0.560. The molecular formula is C22H49N2O5PS. The maximum atomic E-state index is 12.2. The van der Waals surface area contributed by atoms with Crippen LogP contribution >= 0.6 is 17.9 Å². The number of hydrogen-bond donors (Lipinski definition) is 1. The van der Waals surface area contributed by atoms with E-state index in [2.05, 4.69) is 30.6 Å². The Morgan fingerprint density at radius 2 is 1.52 bits per heavy atom. The second kappa shape index (κ2) is 21.3. The zero-order valence-corrected chi connectivity index (χ0v) is 23.5. The SMILES string of the molecule is CC.CC(=O)OC(C)C.CC(C)OC(=O)CNP1(=O)CN(C)CCS1.CCC(C)CC. The highest BCUT2D eigenvalue weighted by Gasteiger charge is 2.29. The van der Waals surface area contributed by atoms with Crippen molar-refractivity contribution < 1.29 is 23.6 Å². The van der Waals surface area contributed by atoms with Crippen molar-refractivity contribution in [3.63, 3.8) is 0 Å². The summed E-state index contributed by atoms with van der Waals surface area (Å²) >= 11 is 1.43. The van der Waals surface area contributed by atoms with Crippen LogP contribution in [0.3, 0.4) is 0 Å². The van der Waals surface area contributed by atoms with Gasteiger partial charge in [-0.15, -0.1) is 0 Å². The van der Waals surface area contributed by atoms with E-state index in [-0.39, 0.29) is 30.7 Å². The number of esters is 2. The van der Waals surface area contributed by atoms with Crippen molar-refractivity contribution in [1.29, 1.82) is 0 Å². The van der Waals surface area contributed by atoms with Crippen LogP contribution in [0.1, 0.15) is 82.1 Å². The molecule has 9 heteroatoms. The van der Waals surface area contributed by atoms with Crippen molar-refractivity contribution in [3.8, 4) is 0 Å². The van der Waals surface area contributed by atoms with Crippen LogP contribution in [-0.4, -0.2) is 61.2 Å². The minimum atomic E-state index is -2.48. The summed E-state index contributed by atoms with van der Waals surface area (Å²) in [7, 11) is 1.93. The lowest BCUT2D eigenvalue weighted by atomic mass is 10.1.